The molecule has 0 aliphatic heterocycles. The molecule has 1 aromatic carbocycles. The van der Waals surface area contributed by atoms with Crippen molar-refractivity contribution in [3.05, 3.63) is 39.4 Å². The fourth-order valence-electron chi connectivity index (χ4n) is 1.90. The van der Waals surface area contributed by atoms with Gasteiger partial charge in [0.15, 0.2) is 0 Å². The van der Waals surface area contributed by atoms with Crippen LogP contribution in [0.3, 0.4) is 0 Å². The number of benzene rings is 1. The van der Waals surface area contributed by atoms with Crippen LogP contribution in [0.1, 0.15) is 30.9 Å². The van der Waals surface area contributed by atoms with Crippen LogP contribution in [0.2, 0.25) is 0 Å². The van der Waals surface area contributed by atoms with E-state index in [1.165, 1.54) is 0 Å². The Hall–Kier alpha value is -1.46. The molecule has 0 saturated heterocycles. The highest BCUT2D eigenvalue weighted by Gasteiger charge is 2.17. The number of nitro groups is 1. The Morgan fingerprint density at radius 1 is 1.44 bits per heavy atom. The van der Waals surface area contributed by atoms with E-state index in [0.29, 0.717) is 13.1 Å². The second-order valence-corrected chi connectivity index (χ2v) is 4.77. The normalized spacial score (nSPS) is 11.2. The van der Waals surface area contributed by atoms with Gasteiger partial charge >= 0.3 is 0 Å². The summed E-state index contributed by atoms with van der Waals surface area (Å²) >= 11 is 0. The van der Waals surface area contributed by atoms with Crippen LogP contribution < -0.4 is 0 Å². The van der Waals surface area contributed by atoms with Crippen LogP contribution in [-0.2, 0) is 6.54 Å². The molecular formula is C13H20N2O3. The summed E-state index contributed by atoms with van der Waals surface area (Å²) in [7, 11) is 1.87. The van der Waals surface area contributed by atoms with E-state index in [9.17, 15) is 10.1 Å². The molecule has 0 fully saturated rings. The average Bonchev–Trinajstić information content (AvgIpc) is 2.28. The van der Waals surface area contributed by atoms with Crippen LogP contribution in [-0.4, -0.2) is 35.1 Å². The van der Waals surface area contributed by atoms with Crippen LogP contribution in [0.5, 0.6) is 0 Å². The highest BCUT2D eigenvalue weighted by atomic mass is 16.6. The third-order valence-corrected chi connectivity index (χ3v) is 2.85. The highest BCUT2D eigenvalue weighted by molar-refractivity contribution is 5.45. The standard InChI is InChI=1S/C13H20N2O3/c1-10(2)12-5-4-11(8-13(12)15(17)18)9-14(3)6-7-16/h4-5,8,10,16H,6-7,9H2,1-3H3. The van der Waals surface area contributed by atoms with Gasteiger partial charge in [-0.15, -0.1) is 0 Å². The van der Waals surface area contributed by atoms with Crippen LogP contribution in [0.15, 0.2) is 18.2 Å². The van der Waals surface area contributed by atoms with Crippen molar-refractivity contribution in [3.63, 3.8) is 0 Å². The minimum absolute atomic E-state index is 0.0860. The average molecular weight is 252 g/mol. The van der Waals surface area contributed by atoms with Crippen LogP contribution in [0, 0.1) is 10.1 Å². The van der Waals surface area contributed by atoms with Crippen molar-refractivity contribution in [1.29, 1.82) is 0 Å². The molecule has 0 aliphatic carbocycles. The molecule has 0 aromatic heterocycles. The minimum atomic E-state index is -0.328. The third-order valence-electron chi connectivity index (χ3n) is 2.85. The summed E-state index contributed by atoms with van der Waals surface area (Å²) in [5.41, 5.74) is 1.83. The first-order chi connectivity index (χ1) is 8.45. The lowest BCUT2D eigenvalue weighted by molar-refractivity contribution is -0.385. The molecule has 18 heavy (non-hydrogen) atoms. The lowest BCUT2D eigenvalue weighted by Gasteiger charge is -2.15. The molecule has 1 rings (SSSR count). The monoisotopic (exact) mass is 252 g/mol. The zero-order valence-corrected chi connectivity index (χ0v) is 11.1. The molecular weight excluding hydrogens is 232 g/mol. The van der Waals surface area contributed by atoms with Gasteiger partial charge in [0, 0.05) is 24.7 Å². The number of nitrogens with zero attached hydrogens (tertiary/aromatic N) is 2. The molecule has 0 amide bonds. The zero-order valence-electron chi connectivity index (χ0n) is 11.1. The van der Waals surface area contributed by atoms with E-state index in [4.69, 9.17) is 5.11 Å². The van der Waals surface area contributed by atoms with Gasteiger partial charge in [-0.3, -0.25) is 15.0 Å². The second kappa shape index (κ2) is 6.47. The number of aliphatic hydroxyl groups excluding tert-OH is 1. The number of nitro benzene ring substituents is 1. The maximum absolute atomic E-state index is 11.0. The summed E-state index contributed by atoms with van der Waals surface area (Å²) in [6, 6.07) is 5.37. The van der Waals surface area contributed by atoms with Crippen LogP contribution in [0.25, 0.3) is 0 Å². The van der Waals surface area contributed by atoms with Gasteiger partial charge in [-0.05, 0) is 18.5 Å². The highest BCUT2D eigenvalue weighted by Crippen LogP contribution is 2.27. The smallest absolute Gasteiger partial charge is 0.273 e. The van der Waals surface area contributed by atoms with E-state index in [1.54, 1.807) is 6.07 Å². The molecule has 0 atom stereocenters. The minimum Gasteiger partial charge on any atom is -0.395 e. The van der Waals surface area contributed by atoms with E-state index in [-0.39, 0.29) is 23.1 Å². The van der Waals surface area contributed by atoms with Crippen molar-refractivity contribution in [2.24, 2.45) is 0 Å². The Morgan fingerprint density at radius 3 is 2.61 bits per heavy atom. The van der Waals surface area contributed by atoms with Crippen molar-refractivity contribution in [2.45, 2.75) is 26.3 Å². The molecule has 0 spiro atoms. The summed E-state index contributed by atoms with van der Waals surface area (Å²) in [5.74, 6) is 0.134. The molecule has 1 N–H and O–H groups in total. The van der Waals surface area contributed by atoms with Gasteiger partial charge in [-0.2, -0.15) is 0 Å². The predicted molar refractivity (Wildman–Crippen MR) is 70.6 cm³/mol. The van der Waals surface area contributed by atoms with Gasteiger partial charge in [0.25, 0.3) is 5.69 Å². The topological polar surface area (TPSA) is 66.6 Å². The number of aliphatic hydroxyl groups is 1. The van der Waals surface area contributed by atoms with Gasteiger partial charge in [0.05, 0.1) is 11.5 Å². The lowest BCUT2D eigenvalue weighted by Crippen LogP contribution is -2.21. The molecule has 0 bridgehead atoms. The van der Waals surface area contributed by atoms with Crippen molar-refractivity contribution in [3.8, 4) is 0 Å². The summed E-state index contributed by atoms with van der Waals surface area (Å²) in [5, 5.41) is 19.9. The molecule has 0 unspecified atom stereocenters. The molecule has 1 aromatic rings. The van der Waals surface area contributed by atoms with Crippen LogP contribution >= 0.6 is 0 Å². The fraction of sp³-hybridized carbons (Fsp3) is 0.538. The molecule has 100 valence electrons. The summed E-state index contributed by atoms with van der Waals surface area (Å²) in [6.45, 7) is 5.13. The largest absolute Gasteiger partial charge is 0.395 e. The maximum Gasteiger partial charge on any atom is 0.273 e. The molecule has 0 aliphatic rings. The van der Waals surface area contributed by atoms with E-state index < -0.39 is 0 Å². The molecule has 5 nitrogen and oxygen atoms in total. The SMILES string of the molecule is CC(C)c1ccc(CN(C)CCO)cc1[N+](=O)[O-]. The van der Waals surface area contributed by atoms with Crippen molar-refractivity contribution >= 4 is 5.69 Å². The molecule has 5 heteroatoms. The summed E-state index contributed by atoms with van der Waals surface area (Å²) in [4.78, 5) is 12.6. The quantitative estimate of drug-likeness (QED) is 0.622. The zero-order chi connectivity index (χ0) is 13.7. The third kappa shape index (κ3) is 3.78. The number of hydrogen-bond acceptors (Lipinski definition) is 4. The maximum atomic E-state index is 11.0. The molecule has 0 heterocycles. The Kier molecular flexibility index (Phi) is 5.25. The number of rotatable bonds is 6. The van der Waals surface area contributed by atoms with Crippen molar-refractivity contribution in [2.75, 3.05) is 20.2 Å². The van der Waals surface area contributed by atoms with E-state index in [2.05, 4.69) is 0 Å². The van der Waals surface area contributed by atoms with E-state index in [0.717, 1.165) is 11.1 Å². The van der Waals surface area contributed by atoms with Crippen molar-refractivity contribution < 1.29 is 10.0 Å². The van der Waals surface area contributed by atoms with Crippen molar-refractivity contribution in [1.82, 2.24) is 4.90 Å². The van der Waals surface area contributed by atoms with Gasteiger partial charge in [0.2, 0.25) is 0 Å². The van der Waals surface area contributed by atoms with Crippen LogP contribution in [0.4, 0.5) is 5.69 Å². The predicted octanol–water partition coefficient (Wildman–Crippen LogP) is 2.14. The Morgan fingerprint density at radius 2 is 2.11 bits per heavy atom. The van der Waals surface area contributed by atoms with Gasteiger partial charge in [0.1, 0.15) is 0 Å². The fourth-order valence-corrected chi connectivity index (χ4v) is 1.90. The Labute approximate surface area is 107 Å². The first-order valence-corrected chi connectivity index (χ1v) is 6.02. The first-order valence-electron chi connectivity index (χ1n) is 6.02. The summed E-state index contributed by atoms with van der Waals surface area (Å²) in [6.07, 6.45) is 0. The lowest BCUT2D eigenvalue weighted by atomic mass is 9.99. The van der Waals surface area contributed by atoms with Gasteiger partial charge in [-0.1, -0.05) is 26.0 Å². The first kappa shape index (κ1) is 14.6. The summed E-state index contributed by atoms with van der Waals surface area (Å²) < 4.78 is 0. The Balaban J connectivity index is 2.96. The number of likely N-dealkylation sites (N-methyl/N-ethyl adjacent to an activating group) is 1. The molecule has 0 radical (unpaired) electrons. The number of hydrogen-bond donors (Lipinski definition) is 1. The second-order valence-electron chi connectivity index (χ2n) is 4.77. The van der Waals surface area contributed by atoms with Gasteiger partial charge < -0.3 is 5.11 Å². The van der Waals surface area contributed by atoms with E-state index >= 15 is 0 Å². The van der Waals surface area contributed by atoms with E-state index in [1.807, 2.05) is 37.9 Å². The Bertz CT molecular complexity index is 419. The van der Waals surface area contributed by atoms with Gasteiger partial charge in [-0.25, -0.2) is 0 Å². The molecule has 0 saturated carbocycles.